The second-order valence-electron chi connectivity index (χ2n) is 2.72. The van der Waals surface area contributed by atoms with Crippen LogP contribution in [0, 0.1) is 0 Å². The Morgan fingerprint density at radius 2 is 2.50 bits per heavy atom. The molecule has 0 amide bonds. The summed E-state index contributed by atoms with van der Waals surface area (Å²) in [7, 11) is 0. The molecule has 0 fully saturated rings. The number of aromatic nitrogens is 3. The molecule has 0 aliphatic carbocycles. The molecule has 0 aliphatic heterocycles. The van der Waals surface area contributed by atoms with Crippen molar-refractivity contribution >= 4 is 0 Å². The van der Waals surface area contributed by atoms with Gasteiger partial charge in [-0.25, -0.2) is 4.68 Å². The maximum Gasteiger partial charge on any atom is 0.115 e. The van der Waals surface area contributed by atoms with E-state index < -0.39 is 6.10 Å². The van der Waals surface area contributed by atoms with Gasteiger partial charge in [-0.15, -0.1) is 5.10 Å². The van der Waals surface area contributed by atoms with E-state index in [1.165, 1.54) is 17.1 Å². The summed E-state index contributed by atoms with van der Waals surface area (Å²) in [6.45, 7) is 3.59. The van der Waals surface area contributed by atoms with E-state index in [0.717, 1.165) is 0 Å². The summed E-state index contributed by atoms with van der Waals surface area (Å²) in [5.41, 5.74) is 0.558. The van der Waals surface area contributed by atoms with Crippen LogP contribution in [0.15, 0.2) is 19.0 Å². The molecule has 1 aromatic rings. The molecule has 6 nitrogen and oxygen atoms in total. The molecule has 0 spiro atoms. The van der Waals surface area contributed by atoms with E-state index in [4.69, 9.17) is 9.84 Å². The van der Waals surface area contributed by atoms with Crippen LogP contribution in [0.5, 0.6) is 0 Å². The van der Waals surface area contributed by atoms with Gasteiger partial charge in [-0.3, -0.25) is 0 Å². The van der Waals surface area contributed by atoms with Crippen LogP contribution >= 0.6 is 0 Å². The Morgan fingerprint density at radius 1 is 1.71 bits per heavy atom. The SMILES string of the molecule is C=COC[C@H](O)Cn1nncc1CO. The van der Waals surface area contributed by atoms with Gasteiger partial charge < -0.3 is 14.9 Å². The molecule has 0 bridgehead atoms. The van der Waals surface area contributed by atoms with Gasteiger partial charge in [0.05, 0.1) is 31.3 Å². The highest BCUT2D eigenvalue weighted by molar-refractivity contribution is 4.91. The smallest absolute Gasteiger partial charge is 0.115 e. The van der Waals surface area contributed by atoms with Crippen LogP contribution in [0.2, 0.25) is 0 Å². The Morgan fingerprint density at radius 3 is 3.14 bits per heavy atom. The van der Waals surface area contributed by atoms with E-state index in [0.29, 0.717) is 5.69 Å². The summed E-state index contributed by atoms with van der Waals surface area (Å²) in [6, 6.07) is 0. The molecule has 0 saturated heterocycles. The highest BCUT2D eigenvalue weighted by atomic mass is 16.5. The van der Waals surface area contributed by atoms with Gasteiger partial charge in [0.15, 0.2) is 0 Å². The average molecular weight is 199 g/mol. The molecule has 0 radical (unpaired) electrons. The van der Waals surface area contributed by atoms with Crippen molar-refractivity contribution in [3.05, 3.63) is 24.7 Å². The third-order valence-electron chi connectivity index (χ3n) is 1.65. The Balaban J connectivity index is 2.46. The van der Waals surface area contributed by atoms with E-state index >= 15 is 0 Å². The lowest BCUT2D eigenvalue weighted by Crippen LogP contribution is -2.22. The summed E-state index contributed by atoms with van der Waals surface area (Å²) in [5.74, 6) is 0. The number of ether oxygens (including phenoxy) is 1. The van der Waals surface area contributed by atoms with E-state index in [1.807, 2.05) is 0 Å². The van der Waals surface area contributed by atoms with Gasteiger partial charge in [-0.1, -0.05) is 11.8 Å². The van der Waals surface area contributed by atoms with Crippen molar-refractivity contribution in [2.24, 2.45) is 0 Å². The number of nitrogens with zero attached hydrogens (tertiary/aromatic N) is 3. The van der Waals surface area contributed by atoms with Gasteiger partial charge in [0.25, 0.3) is 0 Å². The van der Waals surface area contributed by atoms with Gasteiger partial charge >= 0.3 is 0 Å². The van der Waals surface area contributed by atoms with Crippen LogP contribution < -0.4 is 0 Å². The fourth-order valence-electron chi connectivity index (χ4n) is 0.987. The fraction of sp³-hybridized carbons (Fsp3) is 0.500. The molecule has 1 heterocycles. The van der Waals surface area contributed by atoms with Gasteiger partial charge in [-0.2, -0.15) is 0 Å². The molecule has 14 heavy (non-hydrogen) atoms. The molecule has 1 rings (SSSR count). The van der Waals surface area contributed by atoms with E-state index in [-0.39, 0.29) is 19.8 Å². The Hall–Kier alpha value is -1.40. The second-order valence-corrected chi connectivity index (χ2v) is 2.72. The zero-order chi connectivity index (χ0) is 10.4. The van der Waals surface area contributed by atoms with Gasteiger partial charge in [0.2, 0.25) is 0 Å². The van der Waals surface area contributed by atoms with Crippen LogP contribution in [0.3, 0.4) is 0 Å². The minimum absolute atomic E-state index is 0.147. The number of hydrogen-bond donors (Lipinski definition) is 2. The second kappa shape index (κ2) is 5.36. The van der Waals surface area contributed by atoms with Crippen molar-refractivity contribution in [2.75, 3.05) is 6.61 Å². The van der Waals surface area contributed by atoms with Gasteiger partial charge in [-0.05, 0) is 0 Å². The molecule has 2 N–H and O–H groups in total. The predicted octanol–water partition coefficient (Wildman–Crippen LogP) is -0.709. The lowest BCUT2D eigenvalue weighted by molar-refractivity contribution is 0.0670. The number of hydrogen-bond acceptors (Lipinski definition) is 5. The first-order valence-corrected chi connectivity index (χ1v) is 4.16. The first kappa shape index (κ1) is 10.7. The minimum Gasteiger partial charge on any atom is -0.499 e. The van der Waals surface area contributed by atoms with Crippen molar-refractivity contribution in [1.82, 2.24) is 15.0 Å². The van der Waals surface area contributed by atoms with Crippen molar-refractivity contribution in [3.8, 4) is 0 Å². The Bertz CT molecular complexity index is 287. The maximum atomic E-state index is 9.43. The van der Waals surface area contributed by atoms with E-state index in [1.54, 1.807) is 0 Å². The number of aliphatic hydroxyl groups is 2. The van der Waals surface area contributed by atoms with Crippen LogP contribution in [-0.4, -0.2) is 37.9 Å². The van der Waals surface area contributed by atoms with Gasteiger partial charge in [0, 0.05) is 0 Å². The van der Waals surface area contributed by atoms with Crippen molar-refractivity contribution in [2.45, 2.75) is 19.3 Å². The van der Waals surface area contributed by atoms with Crippen LogP contribution in [-0.2, 0) is 17.9 Å². The highest BCUT2D eigenvalue weighted by Gasteiger charge is 2.09. The lowest BCUT2D eigenvalue weighted by Gasteiger charge is -2.10. The number of rotatable bonds is 6. The monoisotopic (exact) mass is 199 g/mol. The number of aliphatic hydroxyl groups excluding tert-OH is 2. The van der Waals surface area contributed by atoms with Crippen molar-refractivity contribution in [3.63, 3.8) is 0 Å². The highest BCUT2D eigenvalue weighted by Crippen LogP contribution is 1.98. The summed E-state index contributed by atoms with van der Waals surface area (Å²) >= 11 is 0. The first-order chi connectivity index (χ1) is 6.77. The van der Waals surface area contributed by atoms with Crippen LogP contribution in [0.1, 0.15) is 5.69 Å². The summed E-state index contributed by atoms with van der Waals surface area (Å²) in [5, 5.41) is 25.6. The van der Waals surface area contributed by atoms with Crippen LogP contribution in [0.4, 0.5) is 0 Å². The molecule has 0 aliphatic rings. The van der Waals surface area contributed by atoms with E-state index in [9.17, 15) is 5.11 Å². The molecule has 1 aromatic heterocycles. The molecular weight excluding hydrogens is 186 g/mol. The van der Waals surface area contributed by atoms with Crippen molar-refractivity contribution in [1.29, 1.82) is 0 Å². The standard InChI is InChI=1S/C8H13N3O3/c1-2-14-6-8(13)4-11-7(5-12)3-9-10-11/h2-3,8,12-13H,1,4-6H2/t8-/m1/s1. The average Bonchev–Trinajstić information content (AvgIpc) is 2.62. The molecule has 1 atom stereocenters. The quantitative estimate of drug-likeness (QED) is 0.592. The summed E-state index contributed by atoms with van der Waals surface area (Å²) in [4.78, 5) is 0. The third kappa shape index (κ3) is 2.82. The topological polar surface area (TPSA) is 80.4 Å². The normalized spacial score (nSPS) is 12.4. The third-order valence-corrected chi connectivity index (χ3v) is 1.65. The maximum absolute atomic E-state index is 9.43. The molecule has 0 aromatic carbocycles. The van der Waals surface area contributed by atoms with Gasteiger partial charge in [0.1, 0.15) is 12.7 Å². The Kier molecular flexibility index (Phi) is 4.09. The molecule has 0 saturated carbocycles. The minimum atomic E-state index is -0.694. The fourth-order valence-corrected chi connectivity index (χ4v) is 0.987. The molecule has 0 unspecified atom stereocenters. The zero-order valence-electron chi connectivity index (χ0n) is 7.70. The summed E-state index contributed by atoms with van der Waals surface area (Å²) < 4.78 is 6.24. The largest absolute Gasteiger partial charge is 0.499 e. The predicted molar refractivity (Wildman–Crippen MR) is 48.1 cm³/mol. The summed E-state index contributed by atoms with van der Waals surface area (Å²) in [6.07, 6.45) is 2.01. The molecule has 6 heteroatoms. The van der Waals surface area contributed by atoms with Crippen molar-refractivity contribution < 1.29 is 14.9 Å². The lowest BCUT2D eigenvalue weighted by atomic mass is 10.3. The zero-order valence-corrected chi connectivity index (χ0v) is 7.70. The molecule has 78 valence electrons. The van der Waals surface area contributed by atoms with E-state index in [2.05, 4.69) is 16.9 Å². The molecular formula is C8H13N3O3. The Labute approximate surface area is 81.4 Å². The first-order valence-electron chi connectivity index (χ1n) is 4.16. The van der Waals surface area contributed by atoms with Crippen LogP contribution in [0.25, 0.3) is 0 Å².